The van der Waals surface area contributed by atoms with Gasteiger partial charge in [-0.2, -0.15) is 5.10 Å². The first-order valence-electron chi connectivity index (χ1n) is 9.65. The summed E-state index contributed by atoms with van der Waals surface area (Å²) in [5, 5.41) is 7.38. The second-order valence-electron chi connectivity index (χ2n) is 6.86. The molecule has 0 atom stereocenters. The first-order chi connectivity index (χ1) is 14.2. The minimum atomic E-state index is -0.169. The van der Waals surface area contributed by atoms with Gasteiger partial charge in [0.1, 0.15) is 5.82 Å². The van der Waals surface area contributed by atoms with E-state index in [1.165, 1.54) is 0 Å². The van der Waals surface area contributed by atoms with Crippen LogP contribution in [-0.4, -0.2) is 25.2 Å². The Labute approximate surface area is 169 Å². The smallest absolute Gasteiger partial charge is 0.259 e. The fraction of sp³-hybridized carbons (Fsp3) is 0.174. The molecule has 1 N–H and O–H groups in total. The fourth-order valence-corrected chi connectivity index (χ4v) is 3.34. The van der Waals surface area contributed by atoms with Gasteiger partial charge in [-0.25, -0.2) is 4.98 Å². The molecule has 0 unspecified atom stereocenters. The van der Waals surface area contributed by atoms with Gasteiger partial charge in [0.25, 0.3) is 5.91 Å². The number of aryl methyl sites for hydroxylation is 1. The number of rotatable bonds is 6. The third-order valence-corrected chi connectivity index (χ3v) is 4.96. The highest BCUT2D eigenvalue weighted by molar-refractivity contribution is 6.05. The standard InChI is InChI=1S/C23H23N5O/c1-3-27-13-12-24-22(27)19-10-7-11-20(14-19)26-23(29)21-15-25-28(17(21)2)16-18-8-5-4-6-9-18/h4-15H,3,16H2,1-2H3,(H,26,29). The van der Waals surface area contributed by atoms with E-state index < -0.39 is 0 Å². The predicted molar refractivity (Wildman–Crippen MR) is 114 cm³/mol. The molecule has 0 radical (unpaired) electrons. The maximum absolute atomic E-state index is 12.8. The van der Waals surface area contributed by atoms with E-state index in [1.54, 1.807) is 12.4 Å². The summed E-state index contributed by atoms with van der Waals surface area (Å²) in [5.74, 6) is 0.716. The van der Waals surface area contributed by atoms with Crippen LogP contribution in [0.5, 0.6) is 0 Å². The second-order valence-corrected chi connectivity index (χ2v) is 6.86. The molecule has 4 aromatic rings. The zero-order valence-corrected chi connectivity index (χ0v) is 16.5. The SMILES string of the molecule is CCn1ccnc1-c1cccc(NC(=O)c2cnn(Cc3ccccc3)c2C)c1. The summed E-state index contributed by atoms with van der Waals surface area (Å²) in [4.78, 5) is 17.3. The maximum Gasteiger partial charge on any atom is 0.259 e. The number of hydrogen-bond donors (Lipinski definition) is 1. The predicted octanol–water partition coefficient (Wildman–Crippen LogP) is 4.38. The molecule has 29 heavy (non-hydrogen) atoms. The highest BCUT2D eigenvalue weighted by Crippen LogP contribution is 2.22. The van der Waals surface area contributed by atoms with Crippen molar-refractivity contribution in [3.63, 3.8) is 0 Å². The highest BCUT2D eigenvalue weighted by Gasteiger charge is 2.15. The molecule has 2 aromatic carbocycles. The highest BCUT2D eigenvalue weighted by atomic mass is 16.1. The number of aromatic nitrogens is 4. The van der Waals surface area contributed by atoms with Gasteiger partial charge in [-0.1, -0.05) is 42.5 Å². The van der Waals surface area contributed by atoms with Crippen LogP contribution < -0.4 is 5.32 Å². The summed E-state index contributed by atoms with van der Waals surface area (Å²) in [7, 11) is 0. The van der Waals surface area contributed by atoms with Crippen LogP contribution in [-0.2, 0) is 13.1 Å². The molecule has 0 aliphatic heterocycles. The molecule has 0 saturated carbocycles. The van der Waals surface area contributed by atoms with Gasteiger partial charge >= 0.3 is 0 Å². The van der Waals surface area contributed by atoms with Crippen LogP contribution in [0.4, 0.5) is 5.69 Å². The molecule has 0 aliphatic carbocycles. The molecular formula is C23H23N5O. The molecule has 0 aliphatic rings. The van der Waals surface area contributed by atoms with Crippen molar-refractivity contribution in [2.24, 2.45) is 0 Å². The average molecular weight is 385 g/mol. The molecule has 146 valence electrons. The van der Waals surface area contributed by atoms with Crippen LogP contribution >= 0.6 is 0 Å². The lowest BCUT2D eigenvalue weighted by Crippen LogP contribution is -2.13. The van der Waals surface area contributed by atoms with Gasteiger partial charge in [0.2, 0.25) is 0 Å². The molecule has 2 aromatic heterocycles. The minimum Gasteiger partial charge on any atom is -0.331 e. The molecule has 6 heteroatoms. The van der Waals surface area contributed by atoms with Crippen LogP contribution in [0.25, 0.3) is 11.4 Å². The van der Waals surface area contributed by atoms with Crippen molar-refractivity contribution in [2.75, 3.05) is 5.32 Å². The van der Waals surface area contributed by atoms with E-state index in [4.69, 9.17) is 0 Å². The molecule has 0 spiro atoms. The third kappa shape index (κ3) is 3.96. The summed E-state index contributed by atoms with van der Waals surface area (Å²) >= 11 is 0. The van der Waals surface area contributed by atoms with E-state index in [0.29, 0.717) is 12.1 Å². The number of imidazole rings is 1. The van der Waals surface area contributed by atoms with Gasteiger partial charge in [-0.15, -0.1) is 0 Å². The van der Waals surface area contributed by atoms with E-state index in [-0.39, 0.29) is 5.91 Å². The zero-order chi connectivity index (χ0) is 20.2. The number of nitrogens with zero attached hydrogens (tertiary/aromatic N) is 4. The normalized spacial score (nSPS) is 10.8. The maximum atomic E-state index is 12.8. The Morgan fingerprint density at radius 3 is 2.72 bits per heavy atom. The van der Waals surface area contributed by atoms with E-state index in [1.807, 2.05) is 72.4 Å². The monoisotopic (exact) mass is 385 g/mol. The van der Waals surface area contributed by atoms with Gasteiger partial charge in [0, 0.05) is 35.9 Å². The number of nitrogens with one attached hydrogen (secondary N) is 1. The molecule has 4 rings (SSSR count). The average Bonchev–Trinajstić information content (AvgIpc) is 3.36. The van der Waals surface area contributed by atoms with Crippen molar-refractivity contribution in [3.05, 3.63) is 90.0 Å². The Balaban J connectivity index is 1.52. The molecule has 0 saturated heterocycles. The summed E-state index contributed by atoms with van der Waals surface area (Å²) in [6.45, 7) is 5.47. The number of anilines is 1. The van der Waals surface area contributed by atoms with Crippen LogP contribution in [0.3, 0.4) is 0 Å². The molecule has 0 fully saturated rings. The van der Waals surface area contributed by atoms with Gasteiger partial charge < -0.3 is 9.88 Å². The Morgan fingerprint density at radius 2 is 1.93 bits per heavy atom. The van der Waals surface area contributed by atoms with E-state index >= 15 is 0 Å². The Morgan fingerprint density at radius 1 is 1.10 bits per heavy atom. The lowest BCUT2D eigenvalue weighted by Gasteiger charge is -2.09. The van der Waals surface area contributed by atoms with Crippen molar-refractivity contribution >= 4 is 11.6 Å². The summed E-state index contributed by atoms with van der Waals surface area (Å²) in [5.41, 5.74) is 4.25. The molecule has 2 heterocycles. The van der Waals surface area contributed by atoms with Crippen molar-refractivity contribution < 1.29 is 4.79 Å². The molecule has 1 amide bonds. The molecule has 0 bridgehead atoms. The summed E-state index contributed by atoms with van der Waals surface area (Å²) < 4.78 is 3.91. The molecule has 6 nitrogen and oxygen atoms in total. The van der Waals surface area contributed by atoms with Crippen LogP contribution in [0.2, 0.25) is 0 Å². The topological polar surface area (TPSA) is 64.7 Å². The van der Waals surface area contributed by atoms with Crippen molar-refractivity contribution in [2.45, 2.75) is 26.9 Å². The van der Waals surface area contributed by atoms with Gasteiger partial charge in [-0.05, 0) is 31.5 Å². The number of hydrogen-bond acceptors (Lipinski definition) is 3. The van der Waals surface area contributed by atoms with E-state index in [0.717, 1.165) is 34.9 Å². The first kappa shape index (κ1) is 18.7. The third-order valence-electron chi connectivity index (χ3n) is 4.96. The Hall–Kier alpha value is -3.67. The lowest BCUT2D eigenvalue weighted by molar-refractivity contribution is 0.102. The van der Waals surface area contributed by atoms with Crippen molar-refractivity contribution in [1.82, 2.24) is 19.3 Å². The number of carbonyl (C=O) groups excluding carboxylic acids is 1. The Kier molecular flexibility index (Phi) is 5.24. The van der Waals surface area contributed by atoms with Crippen molar-refractivity contribution in [1.29, 1.82) is 0 Å². The van der Waals surface area contributed by atoms with Crippen molar-refractivity contribution in [3.8, 4) is 11.4 Å². The van der Waals surface area contributed by atoms with Gasteiger partial charge in [-0.3, -0.25) is 9.48 Å². The number of carbonyl (C=O) groups is 1. The summed E-state index contributed by atoms with van der Waals surface area (Å²) in [6.07, 6.45) is 5.36. The number of amides is 1. The molecular weight excluding hydrogens is 362 g/mol. The Bertz CT molecular complexity index is 1130. The minimum absolute atomic E-state index is 0.169. The van der Waals surface area contributed by atoms with Crippen LogP contribution in [0.15, 0.2) is 73.2 Å². The van der Waals surface area contributed by atoms with E-state index in [2.05, 4.69) is 26.9 Å². The second kappa shape index (κ2) is 8.14. The van der Waals surface area contributed by atoms with Gasteiger partial charge in [0.05, 0.1) is 18.3 Å². The van der Waals surface area contributed by atoms with E-state index in [9.17, 15) is 4.79 Å². The van der Waals surface area contributed by atoms with Crippen LogP contribution in [0.1, 0.15) is 28.5 Å². The number of benzene rings is 2. The quantitative estimate of drug-likeness (QED) is 0.536. The lowest BCUT2D eigenvalue weighted by atomic mass is 10.1. The summed E-state index contributed by atoms with van der Waals surface area (Å²) in [6, 6.07) is 17.8. The zero-order valence-electron chi connectivity index (χ0n) is 16.5. The van der Waals surface area contributed by atoms with Crippen LogP contribution in [0, 0.1) is 6.92 Å². The van der Waals surface area contributed by atoms with Gasteiger partial charge in [0.15, 0.2) is 0 Å². The fourth-order valence-electron chi connectivity index (χ4n) is 3.34. The first-order valence-corrected chi connectivity index (χ1v) is 9.65. The largest absolute Gasteiger partial charge is 0.331 e.